The molecule has 2 aromatic carbocycles. The molecule has 3 aromatic rings. The number of amides is 1. The highest BCUT2D eigenvalue weighted by Gasteiger charge is 2.31. The first-order valence-electron chi connectivity index (χ1n) is 13.6. The number of hydrogen-bond acceptors (Lipinski definition) is 7. The Labute approximate surface area is 241 Å². The van der Waals surface area contributed by atoms with Crippen LogP contribution in [0.3, 0.4) is 0 Å². The lowest BCUT2D eigenvalue weighted by Gasteiger charge is -2.30. The predicted molar refractivity (Wildman–Crippen MR) is 158 cm³/mol. The second-order valence-corrected chi connectivity index (χ2v) is 13.3. The third-order valence-electron chi connectivity index (χ3n) is 7.00. The van der Waals surface area contributed by atoms with Crippen molar-refractivity contribution >= 4 is 38.2 Å². The Balaban J connectivity index is 1.56. The molecular weight excluding hydrogens is 546 g/mol. The maximum absolute atomic E-state index is 13.5. The van der Waals surface area contributed by atoms with Gasteiger partial charge in [0.25, 0.3) is 5.91 Å². The number of nitrogens with one attached hydrogen (secondary N) is 1. The minimum absolute atomic E-state index is 0.112. The van der Waals surface area contributed by atoms with E-state index in [9.17, 15) is 18.0 Å². The first kappa shape index (κ1) is 29.9. The van der Waals surface area contributed by atoms with Crippen molar-refractivity contribution in [2.24, 2.45) is 0 Å². The molecule has 0 radical (unpaired) electrons. The van der Waals surface area contributed by atoms with Crippen LogP contribution in [0.5, 0.6) is 0 Å². The number of nitrogens with zero attached hydrogens (tertiary/aromatic N) is 2. The largest absolute Gasteiger partial charge is 0.462 e. The molecule has 2 heterocycles. The van der Waals surface area contributed by atoms with E-state index < -0.39 is 21.9 Å². The number of thiophene rings is 1. The van der Waals surface area contributed by atoms with Crippen molar-refractivity contribution < 1.29 is 22.7 Å². The molecule has 214 valence electrons. The van der Waals surface area contributed by atoms with Crippen LogP contribution in [0.15, 0.2) is 59.5 Å². The molecule has 0 atom stereocenters. The monoisotopic (exact) mass is 583 g/mol. The van der Waals surface area contributed by atoms with Gasteiger partial charge in [-0.05, 0) is 76.4 Å². The van der Waals surface area contributed by atoms with Gasteiger partial charge in [0.1, 0.15) is 5.00 Å². The number of hydrogen-bond donors (Lipinski definition) is 1. The molecule has 10 heteroatoms. The number of carbonyl (C=O) groups is 2. The van der Waals surface area contributed by atoms with Gasteiger partial charge in [0.15, 0.2) is 0 Å². The molecule has 0 bridgehead atoms. The third kappa shape index (κ3) is 6.46. The predicted octanol–water partition coefficient (Wildman–Crippen LogP) is 5.54. The van der Waals surface area contributed by atoms with Gasteiger partial charge < -0.3 is 10.1 Å². The highest BCUT2D eigenvalue weighted by atomic mass is 32.2. The fourth-order valence-corrected chi connectivity index (χ4v) is 7.65. The Morgan fingerprint density at radius 3 is 2.33 bits per heavy atom. The molecule has 1 aromatic heterocycles. The van der Waals surface area contributed by atoms with Crippen LogP contribution in [0.4, 0.5) is 5.00 Å². The van der Waals surface area contributed by atoms with E-state index in [1.165, 1.54) is 39.9 Å². The maximum atomic E-state index is 13.5. The van der Waals surface area contributed by atoms with E-state index in [1.807, 2.05) is 44.2 Å². The molecule has 1 aliphatic rings. The molecule has 1 N–H and O–H groups in total. The zero-order valence-corrected chi connectivity index (χ0v) is 25.3. The summed E-state index contributed by atoms with van der Waals surface area (Å²) in [6, 6.07) is 15.5. The van der Waals surface area contributed by atoms with Gasteiger partial charge in [-0.25, -0.2) is 13.2 Å². The van der Waals surface area contributed by atoms with Crippen molar-refractivity contribution in [1.82, 2.24) is 9.21 Å². The molecule has 0 fully saturated rings. The summed E-state index contributed by atoms with van der Waals surface area (Å²) < 4.78 is 33.7. The van der Waals surface area contributed by atoms with Crippen molar-refractivity contribution in [2.75, 3.05) is 18.5 Å². The number of anilines is 1. The van der Waals surface area contributed by atoms with Gasteiger partial charge in [0.2, 0.25) is 10.0 Å². The summed E-state index contributed by atoms with van der Waals surface area (Å²) >= 11 is 1.40. The number of esters is 1. The van der Waals surface area contributed by atoms with Crippen molar-refractivity contribution in [3.8, 4) is 0 Å². The van der Waals surface area contributed by atoms with Crippen molar-refractivity contribution in [2.45, 2.75) is 71.1 Å². The van der Waals surface area contributed by atoms with E-state index in [1.54, 1.807) is 6.92 Å². The van der Waals surface area contributed by atoms with Crippen LogP contribution >= 0.6 is 11.3 Å². The molecule has 40 heavy (non-hydrogen) atoms. The van der Waals surface area contributed by atoms with Crippen molar-refractivity contribution in [1.29, 1.82) is 0 Å². The van der Waals surface area contributed by atoms with E-state index >= 15 is 0 Å². The molecular formula is C30H37N3O5S2. The molecule has 0 unspecified atom stereocenters. The Morgan fingerprint density at radius 2 is 1.73 bits per heavy atom. The lowest BCUT2D eigenvalue weighted by molar-refractivity contribution is 0.0526. The summed E-state index contributed by atoms with van der Waals surface area (Å²) in [6.45, 7) is 11.7. The molecule has 1 aliphatic heterocycles. The highest BCUT2D eigenvalue weighted by Crippen LogP contribution is 2.38. The van der Waals surface area contributed by atoms with Crippen LogP contribution in [-0.4, -0.2) is 54.7 Å². The van der Waals surface area contributed by atoms with E-state index in [0.29, 0.717) is 35.1 Å². The number of rotatable bonds is 10. The minimum Gasteiger partial charge on any atom is -0.462 e. The summed E-state index contributed by atoms with van der Waals surface area (Å²) in [4.78, 5) is 29.6. The van der Waals surface area contributed by atoms with E-state index in [4.69, 9.17) is 4.74 Å². The Morgan fingerprint density at radius 1 is 1.05 bits per heavy atom. The second kappa shape index (κ2) is 12.6. The molecule has 0 saturated heterocycles. The summed E-state index contributed by atoms with van der Waals surface area (Å²) in [5, 5.41) is 3.36. The number of fused-ring (bicyclic) bond motifs is 1. The number of ether oxygens (including phenoxy) is 1. The number of benzene rings is 2. The minimum atomic E-state index is -3.80. The molecule has 1 amide bonds. The Kier molecular flexibility index (Phi) is 9.45. The average molecular weight is 584 g/mol. The first-order valence-corrected chi connectivity index (χ1v) is 15.8. The van der Waals surface area contributed by atoms with Gasteiger partial charge >= 0.3 is 5.97 Å². The zero-order valence-electron chi connectivity index (χ0n) is 23.6. The molecule has 0 aliphatic carbocycles. The Bertz CT molecular complexity index is 1450. The van der Waals surface area contributed by atoms with Crippen LogP contribution in [0.25, 0.3) is 0 Å². The van der Waals surface area contributed by atoms with Crippen LogP contribution < -0.4 is 5.32 Å². The van der Waals surface area contributed by atoms with Gasteiger partial charge in [0, 0.05) is 42.2 Å². The van der Waals surface area contributed by atoms with E-state index in [-0.39, 0.29) is 24.1 Å². The quantitative estimate of drug-likeness (QED) is 0.315. The summed E-state index contributed by atoms with van der Waals surface area (Å²) in [5.41, 5.74) is 2.54. The fourth-order valence-electron chi connectivity index (χ4n) is 4.77. The normalized spacial score (nSPS) is 14.0. The molecule has 4 rings (SSSR count). The lowest BCUT2D eigenvalue weighted by atomic mass is 10.0. The summed E-state index contributed by atoms with van der Waals surface area (Å²) in [5.74, 6) is -0.860. The van der Waals surface area contributed by atoms with Crippen LogP contribution in [0.1, 0.15) is 71.3 Å². The van der Waals surface area contributed by atoms with Crippen LogP contribution in [-0.2, 0) is 34.3 Å². The molecule has 0 saturated carbocycles. The van der Waals surface area contributed by atoms with Gasteiger partial charge in [-0.2, -0.15) is 4.31 Å². The summed E-state index contributed by atoms with van der Waals surface area (Å²) in [6.07, 6.45) is 0.704. The standard InChI is InChI=1S/C30H37N3O5S2/c1-6-38-30(35)27-25-16-17-32(20(2)3)19-26(25)39-29(27)31-28(34)23-12-14-24(15-13-23)40(36,37)33(21(4)5)18-22-10-8-7-9-11-22/h7-15,20-21H,6,16-19H2,1-5H3,(H,31,34). The number of carbonyl (C=O) groups excluding carboxylic acids is 2. The maximum Gasteiger partial charge on any atom is 0.341 e. The van der Waals surface area contributed by atoms with Gasteiger partial charge in [-0.1, -0.05) is 30.3 Å². The summed E-state index contributed by atoms with van der Waals surface area (Å²) in [7, 11) is -3.80. The highest BCUT2D eigenvalue weighted by molar-refractivity contribution is 7.89. The van der Waals surface area contributed by atoms with E-state index in [2.05, 4.69) is 24.1 Å². The van der Waals surface area contributed by atoms with E-state index in [0.717, 1.165) is 22.5 Å². The SMILES string of the molecule is CCOC(=O)c1c(NC(=O)c2ccc(S(=O)(=O)N(Cc3ccccc3)C(C)C)cc2)sc2c1CCN(C(C)C)C2. The smallest absolute Gasteiger partial charge is 0.341 e. The second-order valence-electron chi connectivity index (χ2n) is 10.4. The third-order valence-corrected chi connectivity index (χ3v) is 10.2. The average Bonchev–Trinajstić information content (AvgIpc) is 3.29. The van der Waals surface area contributed by atoms with Crippen molar-refractivity contribution in [3.63, 3.8) is 0 Å². The topological polar surface area (TPSA) is 96.0 Å². The molecule has 0 spiro atoms. The van der Waals surface area contributed by atoms with Crippen LogP contribution in [0, 0.1) is 0 Å². The zero-order chi connectivity index (χ0) is 29.0. The lowest BCUT2D eigenvalue weighted by Crippen LogP contribution is -2.36. The van der Waals surface area contributed by atoms with Crippen molar-refractivity contribution in [3.05, 3.63) is 81.7 Å². The van der Waals surface area contributed by atoms with Gasteiger partial charge in [-0.15, -0.1) is 11.3 Å². The number of sulfonamides is 1. The Hall–Kier alpha value is -3.05. The van der Waals surface area contributed by atoms with Gasteiger partial charge in [0.05, 0.1) is 17.1 Å². The first-order chi connectivity index (χ1) is 19.0. The van der Waals surface area contributed by atoms with Crippen LogP contribution in [0.2, 0.25) is 0 Å². The van der Waals surface area contributed by atoms with Gasteiger partial charge in [-0.3, -0.25) is 9.69 Å². The molecule has 8 nitrogen and oxygen atoms in total. The fraction of sp³-hybridized carbons (Fsp3) is 0.400.